The van der Waals surface area contributed by atoms with Crippen molar-refractivity contribution in [2.45, 2.75) is 137 Å². The molecule has 3 saturated heterocycles. The van der Waals surface area contributed by atoms with E-state index in [1.54, 1.807) is 6.20 Å². The van der Waals surface area contributed by atoms with E-state index in [1.807, 2.05) is 12.5 Å². The van der Waals surface area contributed by atoms with Crippen molar-refractivity contribution in [3.8, 4) is 0 Å². The summed E-state index contributed by atoms with van der Waals surface area (Å²) in [7, 11) is 0. The molecule has 0 atom stereocenters. The van der Waals surface area contributed by atoms with Crippen molar-refractivity contribution in [2.75, 3.05) is 52.5 Å². The van der Waals surface area contributed by atoms with Gasteiger partial charge in [-0.15, -0.1) is 0 Å². The topological polar surface area (TPSA) is 36.8 Å². The fourth-order valence-corrected chi connectivity index (χ4v) is 4.84. The maximum Gasteiger partial charge on any atom is 0.0950 e. The molecule has 1 aromatic heterocycles. The molecule has 4 heterocycles. The molecule has 3 aliphatic heterocycles. The number of likely N-dealkylation sites (tertiary alicyclic amines) is 2. The molecule has 3 fully saturated rings. The van der Waals surface area contributed by atoms with Crippen molar-refractivity contribution >= 4 is 0 Å². The summed E-state index contributed by atoms with van der Waals surface area (Å²) in [4.78, 5) is 11.5. The van der Waals surface area contributed by atoms with Crippen LogP contribution in [0.1, 0.15) is 115 Å². The lowest BCUT2D eigenvalue weighted by molar-refractivity contribution is -0.00389. The molecule has 4 rings (SSSR count). The van der Waals surface area contributed by atoms with Crippen LogP contribution >= 0.6 is 0 Å². The molecule has 3 aliphatic rings. The summed E-state index contributed by atoms with van der Waals surface area (Å²) in [6.45, 7) is 36.2. The standard InChI is InChI=1S/C9H19N.C8H17NO.C8H17N.C7H12N2/c1-9(2,3)10-7-5-4-6-8-10;1-8(2,3)9-4-6-10-7-5-9;1-8(2,3)9-6-4-5-7-9;1-7(2,3)9-5-4-8-6-9/h4-8H2,1-3H3;4-7H2,1-3H3;4-7H2,1-3H3;4-6H,1-3H3. The summed E-state index contributed by atoms with van der Waals surface area (Å²) < 4.78 is 7.33. The predicted octanol–water partition coefficient (Wildman–Crippen LogP) is 6.91. The van der Waals surface area contributed by atoms with Crippen LogP contribution in [0.2, 0.25) is 0 Å². The third-order valence-electron chi connectivity index (χ3n) is 7.60. The van der Waals surface area contributed by atoms with E-state index in [1.165, 1.54) is 58.3 Å². The average Bonchev–Trinajstić information content (AvgIpc) is 3.55. The fraction of sp³-hybridized carbons (Fsp3) is 0.906. The molecule has 0 amide bonds. The van der Waals surface area contributed by atoms with Gasteiger partial charge in [-0.05, 0) is 135 Å². The number of ether oxygens (including phenoxy) is 1. The highest BCUT2D eigenvalue weighted by atomic mass is 16.5. The van der Waals surface area contributed by atoms with Gasteiger partial charge in [-0.1, -0.05) is 6.42 Å². The van der Waals surface area contributed by atoms with Gasteiger partial charge in [0.1, 0.15) is 0 Å². The lowest BCUT2D eigenvalue weighted by atomic mass is 10.0. The van der Waals surface area contributed by atoms with E-state index in [-0.39, 0.29) is 5.54 Å². The first kappa shape index (κ1) is 35.1. The number of hydrogen-bond donors (Lipinski definition) is 0. The lowest BCUT2D eigenvalue weighted by Crippen LogP contribution is -2.47. The minimum Gasteiger partial charge on any atom is -0.379 e. The number of morpholine rings is 1. The van der Waals surface area contributed by atoms with Crippen LogP contribution in [0.4, 0.5) is 0 Å². The molecule has 0 saturated carbocycles. The zero-order chi connectivity index (χ0) is 29.0. The predicted molar refractivity (Wildman–Crippen MR) is 165 cm³/mol. The Morgan fingerprint density at radius 2 is 0.868 bits per heavy atom. The van der Waals surface area contributed by atoms with Crippen molar-refractivity contribution < 1.29 is 4.74 Å². The van der Waals surface area contributed by atoms with Crippen LogP contribution < -0.4 is 0 Å². The normalized spacial score (nSPS) is 20.4. The molecule has 1 aromatic rings. The monoisotopic (exact) mass is 536 g/mol. The van der Waals surface area contributed by atoms with E-state index >= 15 is 0 Å². The number of imidazole rings is 1. The van der Waals surface area contributed by atoms with Crippen LogP contribution in [-0.4, -0.2) is 93.3 Å². The first-order valence-corrected chi connectivity index (χ1v) is 15.2. The minimum atomic E-state index is 0.177. The summed E-state index contributed by atoms with van der Waals surface area (Å²) in [6, 6.07) is 0. The van der Waals surface area contributed by atoms with Crippen molar-refractivity contribution in [1.29, 1.82) is 0 Å². The van der Waals surface area contributed by atoms with Gasteiger partial charge in [0.2, 0.25) is 0 Å². The van der Waals surface area contributed by atoms with Crippen molar-refractivity contribution in [3.05, 3.63) is 18.7 Å². The van der Waals surface area contributed by atoms with Crippen LogP contribution in [-0.2, 0) is 10.3 Å². The molecule has 0 bridgehead atoms. The summed E-state index contributed by atoms with van der Waals surface area (Å²) >= 11 is 0. The van der Waals surface area contributed by atoms with E-state index in [4.69, 9.17) is 4.74 Å². The molecule has 6 nitrogen and oxygen atoms in total. The average molecular weight is 536 g/mol. The SMILES string of the molecule is CC(C)(C)N1CCCC1.CC(C)(C)N1CCCCC1.CC(C)(C)N1CCOCC1.CC(C)(C)n1ccnc1. The highest BCUT2D eigenvalue weighted by Crippen LogP contribution is 2.20. The second kappa shape index (κ2) is 15.7. The second-order valence-electron chi connectivity index (χ2n) is 15.0. The van der Waals surface area contributed by atoms with Crippen LogP contribution in [0, 0.1) is 0 Å². The van der Waals surface area contributed by atoms with Crippen molar-refractivity contribution in [2.24, 2.45) is 0 Å². The Labute approximate surface area is 237 Å². The zero-order valence-electron chi connectivity index (χ0n) is 27.6. The van der Waals surface area contributed by atoms with Gasteiger partial charge < -0.3 is 9.30 Å². The summed E-state index contributed by atoms with van der Waals surface area (Å²) in [5.41, 5.74) is 1.32. The minimum absolute atomic E-state index is 0.177. The lowest BCUT2D eigenvalue weighted by Gasteiger charge is -2.38. The van der Waals surface area contributed by atoms with Gasteiger partial charge in [0.05, 0.1) is 19.5 Å². The number of rotatable bonds is 0. The van der Waals surface area contributed by atoms with E-state index in [0.29, 0.717) is 16.6 Å². The van der Waals surface area contributed by atoms with Crippen LogP contribution in [0.15, 0.2) is 18.7 Å². The third kappa shape index (κ3) is 14.4. The van der Waals surface area contributed by atoms with E-state index < -0.39 is 0 Å². The number of aromatic nitrogens is 2. The van der Waals surface area contributed by atoms with Gasteiger partial charge in [0, 0.05) is 47.6 Å². The van der Waals surface area contributed by atoms with E-state index in [2.05, 4.69) is 107 Å². The Hall–Kier alpha value is -0.950. The fourth-order valence-electron chi connectivity index (χ4n) is 4.84. The van der Waals surface area contributed by atoms with Crippen LogP contribution in [0.5, 0.6) is 0 Å². The Bertz CT molecular complexity index is 673. The Kier molecular flexibility index (Phi) is 14.5. The maximum absolute atomic E-state index is 5.25. The third-order valence-corrected chi connectivity index (χ3v) is 7.60. The van der Waals surface area contributed by atoms with Crippen molar-refractivity contribution in [3.63, 3.8) is 0 Å². The molecule has 6 heteroatoms. The van der Waals surface area contributed by atoms with Crippen LogP contribution in [0.3, 0.4) is 0 Å². The molecule has 224 valence electrons. The second-order valence-corrected chi connectivity index (χ2v) is 15.0. The first-order chi connectivity index (χ1) is 17.4. The molecule has 0 aliphatic carbocycles. The summed E-state index contributed by atoms with van der Waals surface area (Å²) in [5.74, 6) is 0. The number of hydrogen-bond acceptors (Lipinski definition) is 5. The van der Waals surface area contributed by atoms with E-state index in [9.17, 15) is 0 Å². The Morgan fingerprint density at radius 3 is 1.11 bits per heavy atom. The Morgan fingerprint density at radius 1 is 0.500 bits per heavy atom. The van der Waals surface area contributed by atoms with Gasteiger partial charge in [-0.3, -0.25) is 14.7 Å². The zero-order valence-corrected chi connectivity index (χ0v) is 27.6. The van der Waals surface area contributed by atoms with Gasteiger partial charge in [-0.25, -0.2) is 4.98 Å². The number of nitrogens with zero attached hydrogens (tertiary/aromatic N) is 5. The first-order valence-electron chi connectivity index (χ1n) is 15.2. The molecular formula is C32H65N5O. The van der Waals surface area contributed by atoms with Crippen molar-refractivity contribution in [1.82, 2.24) is 24.3 Å². The molecule has 0 radical (unpaired) electrons. The molecule has 0 spiro atoms. The van der Waals surface area contributed by atoms with Gasteiger partial charge in [0.15, 0.2) is 0 Å². The smallest absolute Gasteiger partial charge is 0.0950 e. The molecule has 38 heavy (non-hydrogen) atoms. The van der Waals surface area contributed by atoms with Gasteiger partial charge in [-0.2, -0.15) is 0 Å². The highest BCUT2D eigenvalue weighted by Gasteiger charge is 2.24. The highest BCUT2D eigenvalue weighted by molar-refractivity contribution is 4.83. The van der Waals surface area contributed by atoms with Gasteiger partial charge in [0.25, 0.3) is 0 Å². The molecular weight excluding hydrogens is 470 g/mol. The van der Waals surface area contributed by atoms with E-state index in [0.717, 1.165) is 26.3 Å². The Balaban J connectivity index is 0.000000254. The number of piperidine rings is 1. The molecule has 0 unspecified atom stereocenters. The molecule has 0 N–H and O–H groups in total. The summed E-state index contributed by atoms with van der Waals surface area (Å²) in [6.07, 6.45) is 12.6. The largest absolute Gasteiger partial charge is 0.379 e. The summed E-state index contributed by atoms with van der Waals surface area (Å²) in [5, 5.41) is 0. The van der Waals surface area contributed by atoms with Gasteiger partial charge >= 0.3 is 0 Å². The molecule has 0 aromatic carbocycles. The quantitative estimate of drug-likeness (QED) is 0.361. The van der Waals surface area contributed by atoms with Crippen LogP contribution in [0.25, 0.3) is 0 Å². The maximum atomic E-state index is 5.25.